The van der Waals surface area contributed by atoms with Gasteiger partial charge >= 0.3 is 5.97 Å². The quantitative estimate of drug-likeness (QED) is 0.131. The van der Waals surface area contributed by atoms with Crippen LogP contribution in [0.15, 0.2) is 72.8 Å². The smallest absolute Gasteiger partial charge is 0.305 e. The van der Waals surface area contributed by atoms with E-state index in [1.807, 2.05) is 43.5 Å². The van der Waals surface area contributed by atoms with Crippen LogP contribution in [0.1, 0.15) is 67.8 Å². The van der Waals surface area contributed by atoms with Gasteiger partial charge in [-0.25, -0.2) is 8.78 Å². The first kappa shape index (κ1) is 32.6. The largest absolute Gasteiger partial charge is 0.481 e. The summed E-state index contributed by atoms with van der Waals surface area (Å²) in [6, 6.07) is 19.0. The number of aliphatic hydroxyl groups is 2. The summed E-state index contributed by atoms with van der Waals surface area (Å²) in [6.07, 6.45) is -1.67. The topological polar surface area (TPSA) is 112 Å². The van der Waals surface area contributed by atoms with Crippen molar-refractivity contribution < 1.29 is 33.7 Å². The second-order valence-corrected chi connectivity index (χ2v) is 11.2. The van der Waals surface area contributed by atoms with E-state index in [0.717, 1.165) is 12.0 Å². The van der Waals surface area contributed by atoms with E-state index >= 15 is 0 Å². The molecule has 0 bridgehead atoms. The fourth-order valence-corrected chi connectivity index (χ4v) is 5.58. The number of halogens is 2. The standard InChI is InChI=1S/C35H38F2N2O5/c1-4-22-6-5-7-27(18-22)38-35(44)34-33(24-10-14-26(37)15-11-24)32(23-8-12-25(36)13-9-23)30(39(34)21(2)3)17-16-28(40)19-29(41)20-31(42)43/h5-15,18,21,28-29,40-41H,4,16-17,19-20H2,1-3H3,(H,38,44)(H,42,43)/t28-,29?/m1/s1. The lowest BCUT2D eigenvalue weighted by Gasteiger charge is -2.20. The van der Waals surface area contributed by atoms with Gasteiger partial charge < -0.3 is 25.2 Å². The molecule has 0 aliphatic heterocycles. The number of aryl methyl sites for hydroxylation is 1. The maximum Gasteiger partial charge on any atom is 0.305 e. The van der Waals surface area contributed by atoms with Gasteiger partial charge in [0.2, 0.25) is 0 Å². The van der Waals surface area contributed by atoms with Gasteiger partial charge in [0.25, 0.3) is 5.91 Å². The number of carbonyl (C=O) groups excluding carboxylic acids is 1. The summed E-state index contributed by atoms with van der Waals surface area (Å²) in [5.74, 6) is -2.43. The van der Waals surface area contributed by atoms with Crippen molar-refractivity contribution in [2.45, 2.75) is 71.1 Å². The number of carboxylic acid groups (broad SMARTS) is 1. The second kappa shape index (κ2) is 14.4. The van der Waals surface area contributed by atoms with Gasteiger partial charge in [0, 0.05) is 28.6 Å². The molecule has 7 nitrogen and oxygen atoms in total. The van der Waals surface area contributed by atoms with Crippen molar-refractivity contribution in [2.24, 2.45) is 0 Å². The van der Waals surface area contributed by atoms with E-state index in [4.69, 9.17) is 5.11 Å². The number of nitrogens with zero attached hydrogens (tertiary/aromatic N) is 1. The molecule has 44 heavy (non-hydrogen) atoms. The molecular weight excluding hydrogens is 566 g/mol. The molecule has 0 aliphatic rings. The number of rotatable bonds is 13. The Bertz CT molecular complexity index is 1600. The highest BCUT2D eigenvalue weighted by atomic mass is 19.1. The molecule has 4 aromatic rings. The Morgan fingerprint density at radius 2 is 1.45 bits per heavy atom. The van der Waals surface area contributed by atoms with Crippen molar-refractivity contribution in [3.63, 3.8) is 0 Å². The highest BCUT2D eigenvalue weighted by molar-refractivity contribution is 6.11. The number of carbonyl (C=O) groups is 2. The molecule has 0 fully saturated rings. The fourth-order valence-electron chi connectivity index (χ4n) is 5.58. The van der Waals surface area contributed by atoms with Crippen molar-refractivity contribution >= 4 is 17.6 Å². The summed E-state index contributed by atoms with van der Waals surface area (Å²) in [7, 11) is 0. The Morgan fingerprint density at radius 1 is 0.864 bits per heavy atom. The monoisotopic (exact) mass is 604 g/mol. The number of aromatic nitrogens is 1. The lowest BCUT2D eigenvalue weighted by Crippen LogP contribution is -2.22. The third kappa shape index (κ3) is 7.78. The zero-order valence-corrected chi connectivity index (χ0v) is 25.1. The van der Waals surface area contributed by atoms with Gasteiger partial charge in [0.05, 0.1) is 18.6 Å². The van der Waals surface area contributed by atoms with Gasteiger partial charge in [-0.1, -0.05) is 43.3 Å². The summed E-state index contributed by atoms with van der Waals surface area (Å²) in [5, 5.41) is 32.9. The third-order valence-corrected chi connectivity index (χ3v) is 7.57. The number of aliphatic hydroxyl groups excluding tert-OH is 2. The van der Waals surface area contributed by atoms with E-state index in [1.165, 1.54) is 24.3 Å². The van der Waals surface area contributed by atoms with Crippen LogP contribution in [0.3, 0.4) is 0 Å². The SMILES string of the molecule is CCc1cccc(NC(=O)c2c(-c3ccc(F)cc3)c(-c3ccc(F)cc3)c(CC[C@@H](O)CC(O)CC(=O)O)n2C(C)C)c1. The molecule has 0 saturated carbocycles. The van der Waals surface area contributed by atoms with Crippen LogP contribution < -0.4 is 5.32 Å². The summed E-state index contributed by atoms with van der Waals surface area (Å²) < 4.78 is 30.0. The number of carboxylic acids is 1. The van der Waals surface area contributed by atoms with Crippen molar-refractivity contribution in [3.8, 4) is 22.3 Å². The van der Waals surface area contributed by atoms with E-state index < -0.39 is 42.1 Å². The van der Waals surface area contributed by atoms with Gasteiger partial charge in [-0.3, -0.25) is 9.59 Å². The van der Waals surface area contributed by atoms with Crippen LogP contribution in [-0.2, 0) is 17.6 Å². The molecule has 1 aromatic heterocycles. The molecule has 1 heterocycles. The van der Waals surface area contributed by atoms with Crippen molar-refractivity contribution in [1.82, 2.24) is 4.57 Å². The van der Waals surface area contributed by atoms with E-state index in [9.17, 15) is 28.6 Å². The molecule has 2 atom stereocenters. The Labute approximate surface area is 255 Å². The maximum atomic E-state index is 14.2. The first-order chi connectivity index (χ1) is 21.0. The first-order valence-electron chi connectivity index (χ1n) is 14.8. The number of aliphatic carboxylic acids is 1. The summed E-state index contributed by atoms with van der Waals surface area (Å²) in [5.41, 5.74) is 5.05. The number of hydrogen-bond acceptors (Lipinski definition) is 4. The van der Waals surface area contributed by atoms with Gasteiger partial charge in [0.1, 0.15) is 17.3 Å². The normalized spacial score (nSPS) is 12.7. The summed E-state index contributed by atoms with van der Waals surface area (Å²) in [4.78, 5) is 25.2. The molecule has 0 saturated heterocycles. The number of amides is 1. The lowest BCUT2D eigenvalue weighted by molar-refractivity contribution is -0.139. The van der Waals surface area contributed by atoms with E-state index in [2.05, 4.69) is 5.32 Å². The maximum absolute atomic E-state index is 14.2. The molecule has 1 unspecified atom stereocenters. The lowest BCUT2D eigenvalue weighted by atomic mass is 9.92. The predicted octanol–water partition coefficient (Wildman–Crippen LogP) is 7.02. The first-order valence-corrected chi connectivity index (χ1v) is 14.8. The highest BCUT2D eigenvalue weighted by Crippen LogP contribution is 2.43. The minimum Gasteiger partial charge on any atom is -0.481 e. The molecule has 1 amide bonds. The zero-order valence-electron chi connectivity index (χ0n) is 25.1. The Balaban J connectivity index is 1.91. The van der Waals surface area contributed by atoms with Crippen molar-refractivity contribution in [1.29, 1.82) is 0 Å². The number of nitrogens with one attached hydrogen (secondary N) is 1. The summed E-state index contributed by atoms with van der Waals surface area (Å²) in [6.45, 7) is 5.87. The third-order valence-electron chi connectivity index (χ3n) is 7.57. The van der Waals surface area contributed by atoms with Gasteiger partial charge in [-0.05, 0) is 92.6 Å². The zero-order chi connectivity index (χ0) is 32.0. The molecule has 0 aliphatic carbocycles. The molecule has 4 rings (SSSR count). The summed E-state index contributed by atoms with van der Waals surface area (Å²) >= 11 is 0. The number of hydrogen-bond donors (Lipinski definition) is 4. The molecule has 3 aromatic carbocycles. The molecule has 0 spiro atoms. The Kier molecular flexibility index (Phi) is 10.7. The van der Waals surface area contributed by atoms with E-state index in [-0.39, 0.29) is 25.3 Å². The van der Waals surface area contributed by atoms with Crippen LogP contribution in [0.25, 0.3) is 22.3 Å². The molecule has 0 radical (unpaired) electrons. The van der Waals surface area contributed by atoms with Crippen LogP contribution in [0, 0.1) is 11.6 Å². The average molecular weight is 605 g/mol. The van der Waals surface area contributed by atoms with Crippen LogP contribution in [0.2, 0.25) is 0 Å². The van der Waals surface area contributed by atoms with Crippen LogP contribution in [0.5, 0.6) is 0 Å². The molecule has 232 valence electrons. The van der Waals surface area contributed by atoms with Crippen molar-refractivity contribution in [3.05, 3.63) is 101 Å². The Hall–Kier alpha value is -4.34. The van der Waals surface area contributed by atoms with Crippen LogP contribution >= 0.6 is 0 Å². The number of anilines is 1. The van der Waals surface area contributed by atoms with Crippen molar-refractivity contribution in [2.75, 3.05) is 5.32 Å². The van der Waals surface area contributed by atoms with Gasteiger partial charge in [0.15, 0.2) is 0 Å². The second-order valence-electron chi connectivity index (χ2n) is 11.2. The number of benzene rings is 3. The predicted molar refractivity (Wildman–Crippen MR) is 167 cm³/mol. The van der Waals surface area contributed by atoms with E-state index in [0.29, 0.717) is 39.3 Å². The van der Waals surface area contributed by atoms with Crippen LogP contribution in [0.4, 0.5) is 14.5 Å². The van der Waals surface area contributed by atoms with E-state index in [1.54, 1.807) is 30.3 Å². The van der Waals surface area contributed by atoms with Gasteiger partial charge in [-0.15, -0.1) is 0 Å². The van der Waals surface area contributed by atoms with Gasteiger partial charge in [-0.2, -0.15) is 0 Å². The molecule has 9 heteroatoms. The average Bonchev–Trinajstić information content (AvgIpc) is 3.32. The van der Waals surface area contributed by atoms with Crippen LogP contribution in [-0.4, -0.2) is 44.0 Å². The highest BCUT2D eigenvalue weighted by Gasteiger charge is 2.30. The fraction of sp³-hybridized carbons (Fsp3) is 0.314. The Morgan fingerprint density at radius 3 is 2.00 bits per heavy atom. The molecule has 4 N–H and O–H groups in total. The minimum absolute atomic E-state index is 0.132. The minimum atomic E-state index is -1.22. The molecular formula is C35H38F2N2O5.